The van der Waals surface area contributed by atoms with E-state index in [0.717, 1.165) is 53.3 Å². The van der Waals surface area contributed by atoms with Crippen LogP contribution in [0.15, 0.2) is 72.9 Å². The van der Waals surface area contributed by atoms with E-state index in [1.54, 1.807) is 0 Å². The number of carbonyl (C=O) groups is 2. The lowest BCUT2D eigenvalue weighted by Crippen LogP contribution is -2.41. The first-order chi connectivity index (χ1) is 17.4. The number of aliphatic carboxylic acids is 1. The Morgan fingerprint density at radius 3 is 2.42 bits per heavy atom. The summed E-state index contributed by atoms with van der Waals surface area (Å²) in [6.07, 6.45) is 4.61. The number of pyridine rings is 1. The van der Waals surface area contributed by atoms with Crippen LogP contribution in [-0.4, -0.2) is 47.2 Å². The van der Waals surface area contributed by atoms with Crippen molar-refractivity contribution >= 4 is 23.5 Å². The maximum absolute atomic E-state index is 10.8. The van der Waals surface area contributed by atoms with Crippen molar-refractivity contribution in [2.45, 2.75) is 44.9 Å². The molecule has 7 nitrogen and oxygen atoms in total. The van der Waals surface area contributed by atoms with E-state index >= 15 is 0 Å². The third kappa shape index (κ3) is 9.07. The standard InChI is InChI=1S/C17H19ClN2O.C11H13NO3/c18-14-5-3-13(4-6-14)16-2-1-9-20-17(16)12-21-15-7-10-19-11-8-15;1-8(13)12-10(11(14)15)7-9-5-3-2-4-6-9/h1-6,9,15,19H,7-8,10-12H2;2-6,10H,7H2,1H3,(H,12,13)(H,14,15)/t;10-/m.0/s1. The number of amides is 1. The van der Waals surface area contributed by atoms with Gasteiger partial charge in [0, 0.05) is 30.1 Å². The molecule has 1 amide bonds. The number of aromatic nitrogens is 1. The van der Waals surface area contributed by atoms with Crippen LogP contribution in [0.4, 0.5) is 0 Å². The average Bonchev–Trinajstić information content (AvgIpc) is 2.89. The van der Waals surface area contributed by atoms with Crippen molar-refractivity contribution < 1.29 is 19.4 Å². The number of rotatable bonds is 8. The maximum Gasteiger partial charge on any atom is 0.326 e. The lowest BCUT2D eigenvalue weighted by atomic mass is 10.0. The predicted octanol–water partition coefficient (Wildman–Crippen LogP) is 4.49. The van der Waals surface area contributed by atoms with Gasteiger partial charge in [-0.05, 0) is 55.3 Å². The van der Waals surface area contributed by atoms with Gasteiger partial charge in [-0.1, -0.05) is 60.1 Å². The average molecular weight is 510 g/mol. The highest BCUT2D eigenvalue weighted by atomic mass is 35.5. The fraction of sp³-hybridized carbons (Fsp3) is 0.321. The third-order valence-corrected chi connectivity index (χ3v) is 6.00. The molecule has 0 unspecified atom stereocenters. The Labute approximate surface area is 216 Å². The molecule has 3 N–H and O–H groups in total. The molecule has 3 aromatic rings. The van der Waals surface area contributed by atoms with Crippen LogP contribution in [0.1, 0.15) is 31.0 Å². The molecule has 2 heterocycles. The van der Waals surface area contributed by atoms with E-state index < -0.39 is 12.0 Å². The number of benzene rings is 2. The zero-order valence-corrected chi connectivity index (χ0v) is 21.1. The minimum absolute atomic E-state index is 0.301. The molecular formula is C28H32ClN3O4. The van der Waals surface area contributed by atoms with E-state index in [0.29, 0.717) is 19.1 Å². The van der Waals surface area contributed by atoms with Crippen molar-refractivity contribution in [3.8, 4) is 11.1 Å². The zero-order chi connectivity index (χ0) is 25.8. The van der Waals surface area contributed by atoms with E-state index in [1.165, 1.54) is 6.92 Å². The number of carbonyl (C=O) groups excluding carboxylic acids is 1. The van der Waals surface area contributed by atoms with E-state index in [2.05, 4.69) is 21.7 Å². The van der Waals surface area contributed by atoms with Crippen LogP contribution >= 0.6 is 11.6 Å². The normalized spacial score (nSPS) is 14.3. The summed E-state index contributed by atoms with van der Waals surface area (Å²) >= 11 is 5.96. The molecule has 0 spiro atoms. The van der Waals surface area contributed by atoms with E-state index in [9.17, 15) is 9.59 Å². The highest BCUT2D eigenvalue weighted by Gasteiger charge is 2.18. The van der Waals surface area contributed by atoms with Crippen molar-refractivity contribution in [3.05, 3.63) is 89.2 Å². The predicted molar refractivity (Wildman–Crippen MR) is 141 cm³/mol. The van der Waals surface area contributed by atoms with Gasteiger partial charge in [0.2, 0.25) is 5.91 Å². The minimum atomic E-state index is -1.02. The van der Waals surface area contributed by atoms with Crippen LogP contribution < -0.4 is 10.6 Å². The summed E-state index contributed by atoms with van der Waals surface area (Å²) in [6.45, 7) is 3.94. The topological polar surface area (TPSA) is 101 Å². The second kappa shape index (κ2) is 14.3. The molecule has 0 radical (unpaired) electrons. The van der Waals surface area contributed by atoms with Gasteiger partial charge < -0.3 is 20.5 Å². The monoisotopic (exact) mass is 509 g/mol. The van der Waals surface area contributed by atoms with Crippen LogP contribution in [-0.2, 0) is 27.4 Å². The van der Waals surface area contributed by atoms with Crippen LogP contribution in [0.5, 0.6) is 0 Å². The molecule has 1 saturated heterocycles. The quantitative estimate of drug-likeness (QED) is 0.413. The summed E-state index contributed by atoms with van der Waals surface area (Å²) in [4.78, 5) is 26.1. The Bertz CT molecular complexity index is 1100. The first kappa shape index (κ1) is 27.3. The molecule has 1 fully saturated rings. The lowest BCUT2D eigenvalue weighted by molar-refractivity contribution is -0.141. The van der Waals surface area contributed by atoms with Crippen molar-refractivity contribution in [3.63, 3.8) is 0 Å². The summed E-state index contributed by atoms with van der Waals surface area (Å²) in [6, 6.07) is 20.2. The number of hydrogen-bond acceptors (Lipinski definition) is 5. The van der Waals surface area contributed by atoms with Crippen molar-refractivity contribution in [1.29, 1.82) is 0 Å². The number of hydrogen-bond donors (Lipinski definition) is 3. The van der Waals surface area contributed by atoms with Crippen molar-refractivity contribution in [1.82, 2.24) is 15.6 Å². The Kier molecular flexibility index (Phi) is 10.9. The molecule has 36 heavy (non-hydrogen) atoms. The Hall–Kier alpha value is -3.26. The molecule has 1 aliphatic rings. The van der Waals surface area contributed by atoms with Gasteiger partial charge in [0.1, 0.15) is 6.04 Å². The Morgan fingerprint density at radius 2 is 1.78 bits per heavy atom. The summed E-state index contributed by atoms with van der Waals surface area (Å²) in [5.41, 5.74) is 4.11. The SMILES string of the molecule is CC(=O)N[C@@H](Cc1ccccc1)C(=O)O.Clc1ccc(-c2cccnc2COC2CCNCC2)cc1. The molecule has 4 rings (SSSR count). The molecule has 8 heteroatoms. The van der Waals surface area contributed by atoms with Gasteiger partial charge in [-0.2, -0.15) is 0 Å². The van der Waals surface area contributed by atoms with Gasteiger partial charge in [-0.15, -0.1) is 0 Å². The number of halogens is 1. The van der Waals surface area contributed by atoms with Gasteiger partial charge in [-0.25, -0.2) is 4.79 Å². The molecular weight excluding hydrogens is 478 g/mol. The molecule has 1 atom stereocenters. The van der Waals surface area contributed by atoms with Crippen LogP contribution in [0, 0.1) is 0 Å². The van der Waals surface area contributed by atoms with Crippen LogP contribution in [0.3, 0.4) is 0 Å². The van der Waals surface area contributed by atoms with Crippen LogP contribution in [0.2, 0.25) is 5.02 Å². The maximum atomic E-state index is 10.8. The summed E-state index contributed by atoms with van der Waals surface area (Å²) < 4.78 is 6.03. The van der Waals surface area contributed by atoms with Crippen LogP contribution in [0.25, 0.3) is 11.1 Å². The number of nitrogens with one attached hydrogen (secondary N) is 2. The molecule has 2 aromatic carbocycles. The Balaban J connectivity index is 0.000000214. The van der Waals surface area contributed by atoms with Crippen molar-refractivity contribution in [2.75, 3.05) is 13.1 Å². The third-order valence-electron chi connectivity index (χ3n) is 5.75. The van der Waals surface area contributed by atoms with Gasteiger partial charge in [0.25, 0.3) is 0 Å². The van der Waals surface area contributed by atoms with Gasteiger partial charge in [0.15, 0.2) is 0 Å². The van der Waals surface area contributed by atoms with Gasteiger partial charge in [-0.3, -0.25) is 9.78 Å². The smallest absolute Gasteiger partial charge is 0.326 e. The van der Waals surface area contributed by atoms with E-state index in [4.69, 9.17) is 21.4 Å². The van der Waals surface area contributed by atoms with E-state index in [1.807, 2.05) is 66.9 Å². The lowest BCUT2D eigenvalue weighted by Gasteiger charge is -2.23. The second-order valence-electron chi connectivity index (χ2n) is 8.55. The number of ether oxygens (including phenoxy) is 1. The summed E-state index contributed by atoms with van der Waals surface area (Å²) in [5, 5.41) is 15.4. The minimum Gasteiger partial charge on any atom is -0.480 e. The van der Waals surface area contributed by atoms with Crippen molar-refractivity contribution in [2.24, 2.45) is 0 Å². The highest BCUT2D eigenvalue weighted by Crippen LogP contribution is 2.25. The fourth-order valence-electron chi connectivity index (χ4n) is 3.90. The second-order valence-corrected chi connectivity index (χ2v) is 8.98. The highest BCUT2D eigenvalue weighted by molar-refractivity contribution is 6.30. The number of nitrogens with zero attached hydrogens (tertiary/aromatic N) is 1. The summed E-state index contributed by atoms with van der Waals surface area (Å²) in [7, 11) is 0. The number of carboxylic acids is 1. The van der Waals surface area contributed by atoms with E-state index in [-0.39, 0.29) is 5.91 Å². The molecule has 1 aliphatic heterocycles. The van der Waals surface area contributed by atoms with Gasteiger partial charge >= 0.3 is 5.97 Å². The molecule has 0 saturated carbocycles. The van der Waals surface area contributed by atoms with Gasteiger partial charge in [0.05, 0.1) is 18.4 Å². The first-order valence-corrected chi connectivity index (χ1v) is 12.4. The molecule has 1 aromatic heterocycles. The number of piperidine rings is 1. The largest absolute Gasteiger partial charge is 0.480 e. The fourth-order valence-corrected chi connectivity index (χ4v) is 4.03. The molecule has 190 valence electrons. The Morgan fingerprint density at radius 1 is 1.08 bits per heavy atom. The first-order valence-electron chi connectivity index (χ1n) is 12.0. The molecule has 0 aliphatic carbocycles. The zero-order valence-electron chi connectivity index (χ0n) is 20.3. The molecule has 0 bridgehead atoms. The number of carboxylic acid groups (broad SMARTS) is 1. The summed E-state index contributed by atoms with van der Waals surface area (Å²) in [5.74, 6) is -1.35.